The van der Waals surface area contributed by atoms with Crippen molar-refractivity contribution in [1.82, 2.24) is 10.3 Å². The van der Waals surface area contributed by atoms with Gasteiger partial charge in [-0.1, -0.05) is 19.3 Å². The third-order valence-electron chi connectivity index (χ3n) is 4.01. The topological polar surface area (TPSA) is 125 Å². The smallest absolute Gasteiger partial charge is 0.269 e. The molecular weight excluding hydrogens is 372 g/mol. The van der Waals surface area contributed by atoms with E-state index in [-0.39, 0.29) is 5.69 Å². The minimum atomic E-state index is -0.428. The monoisotopic (exact) mass is 396 g/mol. The van der Waals surface area contributed by atoms with Crippen molar-refractivity contribution in [3.8, 4) is 11.9 Å². The van der Waals surface area contributed by atoms with Gasteiger partial charge in [-0.25, -0.2) is 0 Å². The highest BCUT2D eigenvalue weighted by molar-refractivity contribution is 5.94. The first-order valence-corrected chi connectivity index (χ1v) is 9.43. The SMILES string of the molecule is N#CNC(=NCCCCCCCOc1ccc([N+](=O)[O-])cc1)Nc1ccncc1. The average molecular weight is 396 g/mol. The summed E-state index contributed by atoms with van der Waals surface area (Å²) >= 11 is 0. The molecule has 2 aromatic rings. The van der Waals surface area contributed by atoms with E-state index in [0.717, 1.165) is 37.8 Å². The number of non-ortho nitro benzene ring substituents is 1. The zero-order chi connectivity index (χ0) is 20.7. The van der Waals surface area contributed by atoms with E-state index in [9.17, 15) is 10.1 Å². The first-order valence-electron chi connectivity index (χ1n) is 9.43. The van der Waals surface area contributed by atoms with E-state index in [2.05, 4.69) is 20.6 Å². The van der Waals surface area contributed by atoms with E-state index >= 15 is 0 Å². The molecule has 1 aromatic heterocycles. The summed E-state index contributed by atoms with van der Waals surface area (Å²) in [5.41, 5.74) is 0.874. The Morgan fingerprint density at radius 1 is 1.10 bits per heavy atom. The van der Waals surface area contributed by atoms with Crippen LogP contribution in [0.5, 0.6) is 5.75 Å². The Bertz CT molecular complexity index is 818. The van der Waals surface area contributed by atoms with Crippen molar-refractivity contribution < 1.29 is 9.66 Å². The van der Waals surface area contributed by atoms with Gasteiger partial charge in [0.1, 0.15) is 5.75 Å². The van der Waals surface area contributed by atoms with Gasteiger partial charge >= 0.3 is 0 Å². The molecule has 9 nitrogen and oxygen atoms in total. The minimum Gasteiger partial charge on any atom is -0.494 e. The van der Waals surface area contributed by atoms with Crippen molar-refractivity contribution >= 4 is 17.3 Å². The number of nitrogens with zero attached hydrogens (tertiary/aromatic N) is 4. The van der Waals surface area contributed by atoms with E-state index in [1.165, 1.54) is 12.1 Å². The number of aromatic nitrogens is 1. The summed E-state index contributed by atoms with van der Waals surface area (Å²) in [7, 11) is 0. The molecule has 1 heterocycles. The van der Waals surface area contributed by atoms with Gasteiger partial charge in [0.2, 0.25) is 5.96 Å². The Hall–Kier alpha value is -3.67. The number of anilines is 1. The van der Waals surface area contributed by atoms with Gasteiger partial charge in [0.15, 0.2) is 6.19 Å². The Morgan fingerprint density at radius 2 is 1.79 bits per heavy atom. The van der Waals surface area contributed by atoms with Gasteiger partial charge in [-0.05, 0) is 37.1 Å². The van der Waals surface area contributed by atoms with Crippen molar-refractivity contribution in [3.05, 3.63) is 58.9 Å². The van der Waals surface area contributed by atoms with Gasteiger partial charge in [-0.15, -0.1) is 0 Å². The number of unbranched alkanes of at least 4 members (excludes halogenated alkanes) is 4. The lowest BCUT2D eigenvalue weighted by Gasteiger charge is -2.07. The molecule has 0 radical (unpaired) electrons. The van der Waals surface area contributed by atoms with Gasteiger partial charge in [-0.2, -0.15) is 5.26 Å². The maximum absolute atomic E-state index is 10.6. The van der Waals surface area contributed by atoms with Crippen LogP contribution < -0.4 is 15.4 Å². The Balaban J connectivity index is 1.56. The highest BCUT2D eigenvalue weighted by Crippen LogP contribution is 2.17. The molecule has 0 unspecified atom stereocenters. The Kier molecular flexibility index (Phi) is 9.45. The number of benzene rings is 1. The largest absolute Gasteiger partial charge is 0.494 e. The van der Waals surface area contributed by atoms with Crippen LogP contribution in [0.2, 0.25) is 0 Å². The quantitative estimate of drug-likeness (QED) is 0.112. The minimum absolute atomic E-state index is 0.0594. The number of pyridine rings is 1. The average Bonchev–Trinajstić information content (AvgIpc) is 2.73. The molecule has 2 N–H and O–H groups in total. The van der Waals surface area contributed by atoms with Crippen molar-refractivity contribution in [2.75, 3.05) is 18.5 Å². The van der Waals surface area contributed by atoms with Crippen LogP contribution in [0.15, 0.2) is 53.8 Å². The van der Waals surface area contributed by atoms with Gasteiger partial charge < -0.3 is 10.1 Å². The number of guanidine groups is 1. The van der Waals surface area contributed by atoms with Crippen LogP contribution >= 0.6 is 0 Å². The second kappa shape index (κ2) is 12.7. The van der Waals surface area contributed by atoms with Crippen LogP contribution in [0.4, 0.5) is 11.4 Å². The van der Waals surface area contributed by atoms with E-state index < -0.39 is 4.92 Å². The number of hydrogen-bond acceptors (Lipinski definition) is 6. The fourth-order valence-corrected chi connectivity index (χ4v) is 2.52. The molecule has 0 aliphatic carbocycles. The third-order valence-corrected chi connectivity index (χ3v) is 4.01. The first-order chi connectivity index (χ1) is 14.2. The molecule has 0 bridgehead atoms. The van der Waals surface area contributed by atoms with Crippen LogP contribution in [0.3, 0.4) is 0 Å². The van der Waals surface area contributed by atoms with Crippen molar-refractivity contribution in [2.45, 2.75) is 32.1 Å². The highest BCUT2D eigenvalue weighted by atomic mass is 16.6. The van der Waals surface area contributed by atoms with Crippen molar-refractivity contribution in [2.24, 2.45) is 4.99 Å². The van der Waals surface area contributed by atoms with E-state index in [1.54, 1.807) is 36.7 Å². The fourth-order valence-electron chi connectivity index (χ4n) is 2.52. The number of hydrogen-bond donors (Lipinski definition) is 2. The number of rotatable bonds is 11. The third kappa shape index (κ3) is 8.71. The van der Waals surface area contributed by atoms with Gasteiger partial charge in [0.25, 0.3) is 5.69 Å². The molecule has 152 valence electrons. The van der Waals surface area contributed by atoms with Crippen LogP contribution in [-0.2, 0) is 0 Å². The summed E-state index contributed by atoms with van der Waals surface area (Å²) in [6.07, 6.45) is 10.2. The fraction of sp³-hybridized carbons (Fsp3) is 0.350. The lowest BCUT2D eigenvalue weighted by Crippen LogP contribution is -2.27. The number of nitro benzene ring substituents is 1. The van der Waals surface area contributed by atoms with Crippen LogP contribution in [0.1, 0.15) is 32.1 Å². The normalized spacial score (nSPS) is 10.8. The number of nitro groups is 1. The lowest BCUT2D eigenvalue weighted by molar-refractivity contribution is -0.384. The maximum Gasteiger partial charge on any atom is 0.269 e. The molecule has 0 saturated carbocycles. The van der Waals surface area contributed by atoms with Crippen molar-refractivity contribution in [1.29, 1.82) is 5.26 Å². The molecule has 0 aliphatic heterocycles. The molecule has 0 spiro atoms. The molecule has 0 saturated heterocycles. The van der Waals surface area contributed by atoms with E-state index in [4.69, 9.17) is 10.00 Å². The second-order valence-corrected chi connectivity index (χ2v) is 6.20. The molecule has 0 fully saturated rings. The zero-order valence-electron chi connectivity index (χ0n) is 16.1. The molecule has 0 amide bonds. The van der Waals surface area contributed by atoms with Crippen molar-refractivity contribution in [3.63, 3.8) is 0 Å². The summed E-state index contributed by atoms with van der Waals surface area (Å²) < 4.78 is 5.59. The maximum atomic E-state index is 10.6. The summed E-state index contributed by atoms with van der Waals surface area (Å²) in [4.78, 5) is 18.5. The number of ether oxygens (including phenoxy) is 1. The van der Waals surface area contributed by atoms with Gasteiger partial charge in [0.05, 0.1) is 11.5 Å². The molecule has 1 aromatic carbocycles. The number of nitriles is 1. The molecular formula is C20H24N6O3. The van der Waals surface area contributed by atoms with Crippen LogP contribution in [0.25, 0.3) is 0 Å². The predicted octanol–water partition coefficient (Wildman–Crippen LogP) is 3.86. The molecule has 29 heavy (non-hydrogen) atoms. The van der Waals surface area contributed by atoms with E-state index in [0.29, 0.717) is 24.9 Å². The number of aliphatic imine (C=N–C) groups is 1. The van der Waals surface area contributed by atoms with Crippen LogP contribution in [0, 0.1) is 21.6 Å². The second-order valence-electron chi connectivity index (χ2n) is 6.20. The highest BCUT2D eigenvalue weighted by Gasteiger charge is 2.04. The standard InChI is InChI=1S/C20H24N6O3/c21-16-24-20(25-17-10-13-22-14-11-17)23-12-4-2-1-3-5-15-29-19-8-6-18(7-9-19)26(27)28/h6-11,13-14H,1-5,12,15H2,(H2,22,23,24,25). The Labute approximate surface area is 169 Å². The van der Waals surface area contributed by atoms with Crippen LogP contribution in [-0.4, -0.2) is 29.0 Å². The first kappa shape index (κ1) is 21.6. The van der Waals surface area contributed by atoms with Gasteiger partial charge in [0, 0.05) is 36.8 Å². The lowest BCUT2D eigenvalue weighted by atomic mass is 10.1. The molecule has 2 rings (SSSR count). The van der Waals surface area contributed by atoms with Gasteiger partial charge in [-0.3, -0.25) is 25.4 Å². The molecule has 0 atom stereocenters. The number of nitrogens with one attached hydrogen (secondary N) is 2. The summed E-state index contributed by atoms with van der Waals surface area (Å²) in [5, 5.41) is 25.0. The molecule has 0 aliphatic rings. The molecule has 9 heteroatoms. The zero-order valence-corrected chi connectivity index (χ0v) is 16.1. The predicted molar refractivity (Wildman–Crippen MR) is 111 cm³/mol. The summed E-state index contributed by atoms with van der Waals surface area (Å²) in [5.74, 6) is 1.07. The summed E-state index contributed by atoms with van der Waals surface area (Å²) in [6.45, 7) is 1.21. The van der Waals surface area contributed by atoms with E-state index in [1.807, 2.05) is 6.19 Å². The summed E-state index contributed by atoms with van der Waals surface area (Å²) in [6, 6.07) is 9.70. The Morgan fingerprint density at radius 3 is 2.48 bits per heavy atom.